The first kappa shape index (κ1) is 23.2. The molecule has 43 heavy (non-hydrogen) atoms. The van der Waals surface area contributed by atoms with E-state index in [2.05, 4.69) is 144 Å². The van der Waals surface area contributed by atoms with E-state index < -0.39 is 0 Å². The molecule has 6 aromatic carbocycles. The number of allylic oxidation sites excluding steroid dienone is 7. The van der Waals surface area contributed by atoms with Crippen molar-refractivity contribution in [1.29, 1.82) is 0 Å². The number of nitrogens with zero attached hydrogens (tertiary/aromatic N) is 1. The predicted octanol–water partition coefficient (Wildman–Crippen LogP) is 11.0. The van der Waals surface area contributed by atoms with Gasteiger partial charge in [0, 0.05) is 27.5 Å². The summed E-state index contributed by atoms with van der Waals surface area (Å²) in [5, 5.41) is 7.74. The van der Waals surface area contributed by atoms with Crippen LogP contribution in [0.3, 0.4) is 0 Å². The van der Waals surface area contributed by atoms with Gasteiger partial charge in [0.05, 0.1) is 16.7 Å². The molecule has 0 spiro atoms. The topological polar surface area (TPSA) is 4.93 Å². The molecule has 7 aromatic rings. The zero-order valence-corrected chi connectivity index (χ0v) is 23.6. The zero-order chi connectivity index (χ0) is 28.1. The maximum atomic E-state index is 2.55. The lowest BCUT2D eigenvalue weighted by molar-refractivity contribution is 0.997. The minimum atomic E-state index is 1.06. The molecule has 1 heteroatoms. The average molecular weight is 546 g/mol. The van der Waals surface area contributed by atoms with Crippen LogP contribution in [-0.2, 0) is 0 Å². The van der Waals surface area contributed by atoms with Crippen LogP contribution in [0.2, 0.25) is 0 Å². The SMILES string of the molecule is C1=CCCC(C2=C3C(=C(n4c5ccccc5c5ccccc54)c4cc5ccccc5cc43)c3cc4ccccc4cc32)=C1. The van der Waals surface area contributed by atoms with Crippen LogP contribution in [0.5, 0.6) is 0 Å². The second-order valence-electron chi connectivity index (χ2n) is 12.0. The first-order chi connectivity index (χ1) is 21.3. The van der Waals surface area contributed by atoms with Gasteiger partial charge in [0.1, 0.15) is 0 Å². The molecule has 3 aliphatic carbocycles. The van der Waals surface area contributed by atoms with E-state index in [1.54, 1.807) is 0 Å². The Morgan fingerprint density at radius 1 is 0.465 bits per heavy atom. The van der Waals surface area contributed by atoms with Crippen LogP contribution in [-0.4, -0.2) is 4.57 Å². The Labute approximate surface area is 250 Å². The molecular formula is C42H27N. The van der Waals surface area contributed by atoms with Crippen molar-refractivity contribution in [2.24, 2.45) is 0 Å². The lowest BCUT2D eigenvalue weighted by Crippen LogP contribution is -2.00. The molecule has 1 nitrogen and oxygen atoms in total. The summed E-state index contributed by atoms with van der Waals surface area (Å²) in [6, 6.07) is 45.2. The van der Waals surface area contributed by atoms with Gasteiger partial charge in [-0.2, -0.15) is 0 Å². The fourth-order valence-electron chi connectivity index (χ4n) is 7.88. The molecule has 0 amide bonds. The third-order valence-electron chi connectivity index (χ3n) is 9.71. The summed E-state index contributed by atoms with van der Waals surface area (Å²) in [7, 11) is 0. The summed E-state index contributed by atoms with van der Waals surface area (Å²) in [5.74, 6) is 0. The van der Waals surface area contributed by atoms with Crippen molar-refractivity contribution in [2.75, 3.05) is 0 Å². The summed E-state index contributed by atoms with van der Waals surface area (Å²) >= 11 is 0. The first-order valence-corrected chi connectivity index (χ1v) is 15.3. The molecule has 3 aliphatic rings. The maximum absolute atomic E-state index is 2.55. The van der Waals surface area contributed by atoms with Crippen LogP contribution >= 0.6 is 0 Å². The van der Waals surface area contributed by atoms with E-state index >= 15 is 0 Å². The highest BCUT2D eigenvalue weighted by Gasteiger charge is 2.39. The fraction of sp³-hybridized carbons (Fsp3) is 0.0476. The molecule has 1 aromatic heterocycles. The zero-order valence-electron chi connectivity index (χ0n) is 23.6. The monoisotopic (exact) mass is 545 g/mol. The summed E-state index contributed by atoms with van der Waals surface area (Å²) in [6.07, 6.45) is 9.03. The highest BCUT2D eigenvalue weighted by Crippen LogP contribution is 2.60. The van der Waals surface area contributed by atoms with E-state index in [9.17, 15) is 0 Å². The number of rotatable bonds is 2. The van der Waals surface area contributed by atoms with Gasteiger partial charge in [0.25, 0.3) is 0 Å². The summed E-state index contributed by atoms with van der Waals surface area (Å²) in [4.78, 5) is 0. The number of hydrogen-bond donors (Lipinski definition) is 0. The quantitative estimate of drug-likeness (QED) is 0.204. The van der Waals surface area contributed by atoms with E-state index in [1.807, 2.05) is 0 Å². The molecular weight excluding hydrogens is 518 g/mol. The van der Waals surface area contributed by atoms with Gasteiger partial charge in [0.15, 0.2) is 0 Å². The number of fused-ring (bicyclic) bond motifs is 10. The Hall–Kier alpha value is -5.40. The molecule has 200 valence electrons. The van der Waals surface area contributed by atoms with Crippen LogP contribution < -0.4 is 0 Å². The molecule has 0 saturated carbocycles. The maximum Gasteiger partial charge on any atom is 0.0626 e. The Morgan fingerprint density at radius 2 is 0.953 bits per heavy atom. The normalized spacial score (nSPS) is 15.6. The minimum absolute atomic E-state index is 1.06. The van der Waals surface area contributed by atoms with Gasteiger partial charge in [-0.15, -0.1) is 0 Å². The summed E-state index contributed by atoms with van der Waals surface area (Å²) in [6.45, 7) is 0. The van der Waals surface area contributed by atoms with Crippen LogP contribution in [0.1, 0.15) is 35.1 Å². The Bertz CT molecular complexity index is 2440. The Kier molecular flexibility index (Phi) is 4.62. The molecule has 0 radical (unpaired) electrons. The second kappa shape index (κ2) is 8.56. The third kappa shape index (κ3) is 3.12. The lowest BCUT2D eigenvalue weighted by Gasteiger charge is -2.17. The van der Waals surface area contributed by atoms with Gasteiger partial charge in [-0.05, 0) is 98.6 Å². The standard InChI is InChI=1S/C42H27N/c1-2-12-26(13-3-1)39-33-22-27-14-4-5-15-28(27)23-34(33)41-40(39)35-24-29-16-6-7-17-30(29)25-36(35)42(41)43-37-20-10-8-18-31(37)32-19-9-11-21-38(32)43/h1-2,4-12,14-25H,3,13H2. The van der Waals surface area contributed by atoms with E-state index in [1.165, 1.54) is 93.6 Å². The molecule has 0 fully saturated rings. The van der Waals surface area contributed by atoms with Crippen molar-refractivity contribution in [1.82, 2.24) is 4.57 Å². The van der Waals surface area contributed by atoms with Crippen molar-refractivity contribution in [3.05, 3.63) is 167 Å². The van der Waals surface area contributed by atoms with Crippen molar-refractivity contribution in [2.45, 2.75) is 12.8 Å². The number of para-hydroxylation sites is 2. The average Bonchev–Trinajstić information content (AvgIpc) is 3.68. The van der Waals surface area contributed by atoms with Gasteiger partial charge in [0.2, 0.25) is 0 Å². The molecule has 0 unspecified atom stereocenters. The van der Waals surface area contributed by atoms with Crippen LogP contribution in [0.4, 0.5) is 0 Å². The van der Waals surface area contributed by atoms with Gasteiger partial charge < -0.3 is 4.57 Å². The Morgan fingerprint density at radius 3 is 1.51 bits per heavy atom. The van der Waals surface area contributed by atoms with Crippen molar-refractivity contribution in [3.63, 3.8) is 0 Å². The molecule has 0 atom stereocenters. The van der Waals surface area contributed by atoms with Crippen molar-refractivity contribution >= 4 is 65.8 Å². The van der Waals surface area contributed by atoms with E-state index in [0.717, 1.165) is 12.8 Å². The smallest absolute Gasteiger partial charge is 0.0626 e. The van der Waals surface area contributed by atoms with Gasteiger partial charge >= 0.3 is 0 Å². The highest BCUT2D eigenvalue weighted by molar-refractivity contribution is 6.36. The predicted molar refractivity (Wildman–Crippen MR) is 183 cm³/mol. The van der Waals surface area contributed by atoms with Crippen LogP contribution in [0.15, 0.2) is 145 Å². The van der Waals surface area contributed by atoms with E-state index in [0.29, 0.717) is 0 Å². The minimum Gasteiger partial charge on any atom is -0.308 e. The Balaban J connectivity index is 1.44. The largest absolute Gasteiger partial charge is 0.308 e. The van der Waals surface area contributed by atoms with Gasteiger partial charge in [-0.1, -0.05) is 103 Å². The molecule has 10 rings (SSSR count). The van der Waals surface area contributed by atoms with Gasteiger partial charge in [-0.3, -0.25) is 0 Å². The van der Waals surface area contributed by atoms with Crippen molar-refractivity contribution < 1.29 is 0 Å². The van der Waals surface area contributed by atoms with Crippen molar-refractivity contribution in [3.8, 4) is 0 Å². The van der Waals surface area contributed by atoms with Crippen LogP contribution in [0.25, 0.3) is 65.8 Å². The number of benzene rings is 6. The summed E-state index contributed by atoms with van der Waals surface area (Å²) in [5.41, 5.74) is 14.8. The van der Waals surface area contributed by atoms with Crippen LogP contribution in [0, 0.1) is 0 Å². The molecule has 0 saturated heterocycles. The molecule has 0 N–H and O–H groups in total. The number of hydrogen-bond acceptors (Lipinski definition) is 0. The number of aromatic nitrogens is 1. The highest BCUT2D eigenvalue weighted by atomic mass is 15.0. The van der Waals surface area contributed by atoms with E-state index in [-0.39, 0.29) is 0 Å². The molecule has 0 aliphatic heterocycles. The molecule has 0 bridgehead atoms. The first-order valence-electron chi connectivity index (χ1n) is 15.3. The fourth-order valence-corrected chi connectivity index (χ4v) is 7.88. The lowest BCUT2D eigenvalue weighted by atomic mass is 9.88. The second-order valence-corrected chi connectivity index (χ2v) is 12.0. The molecule has 1 heterocycles. The summed E-state index contributed by atoms with van der Waals surface area (Å²) < 4.78 is 2.55. The van der Waals surface area contributed by atoms with Gasteiger partial charge in [-0.25, -0.2) is 0 Å². The third-order valence-corrected chi connectivity index (χ3v) is 9.71. The van der Waals surface area contributed by atoms with E-state index in [4.69, 9.17) is 0 Å².